The number of benzene rings is 1. The minimum atomic E-state index is -2.81. The number of aromatic nitrogens is 3. The number of hydrogen-bond acceptors (Lipinski definition) is 3. The van der Waals surface area contributed by atoms with Crippen molar-refractivity contribution in [3.05, 3.63) is 53.6 Å². The van der Waals surface area contributed by atoms with Crippen molar-refractivity contribution in [2.75, 3.05) is 0 Å². The van der Waals surface area contributed by atoms with E-state index in [4.69, 9.17) is 0 Å². The van der Waals surface area contributed by atoms with Crippen molar-refractivity contribution < 1.29 is 18.0 Å². The van der Waals surface area contributed by atoms with Crippen LogP contribution in [0.2, 0.25) is 0 Å². The van der Waals surface area contributed by atoms with Crippen LogP contribution in [0.1, 0.15) is 36.3 Å². The molecule has 3 rings (SSSR count). The number of rotatable bonds is 4. The van der Waals surface area contributed by atoms with Crippen LogP contribution in [0.5, 0.6) is 0 Å². The Kier molecular flexibility index (Phi) is 4.43. The second-order valence-corrected chi connectivity index (χ2v) is 5.80. The van der Waals surface area contributed by atoms with Gasteiger partial charge in [0.25, 0.3) is 12.3 Å². The number of nitrogens with one attached hydrogen (secondary N) is 1. The monoisotopic (exact) mass is 348 g/mol. The number of nitrogens with zero attached hydrogens (tertiary/aromatic N) is 3. The van der Waals surface area contributed by atoms with Crippen LogP contribution in [0.3, 0.4) is 0 Å². The molecule has 0 aliphatic heterocycles. The van der Waals surface area contributed by atoms with Crippen molar-refractivity contribution in [2.45, 2.75) is 26.3 Å². The van der Waals surface area contributed by atoms with Crippen molar-refractivity contribution in [3.8, 4) is 11.3 Å². The number of carbonyl (C=O) groups is 1. The summed E-state index contributed by atoms with van der Waals surface area (Å²) in [7, 11) is 0. The van der Waals surface area contributed by atoms with Gasteiger partial charge in [0.2, 0.25) is 0 Å². The van der Waals surface area contributed by atoms with Gasteiger partial charge in [0.1, 0.15) is 17.1 Å². The standard InChI is InChI=1S/C17H15F3N4O/c1-9(2)22-17(25)12-8-21-24-14(15(19)20)7-13(23-16(12)24)10-3-5-11(18)6-4-10/h3-9,15H,1-2H3,(H,22,25). The highest BCUT2D eigenvalue weighted by Gasteiger charge is 2.21. The third-order valence-corrected chi connectivity index (χ3v) is 3.53. The highest BCUT2D eigenvalue weighted by atomic mass is 19.3. The summed E-state index contributed by atoms with van der Waals surface area (Å²) in [6.45, 7) is 3.57. The van der Waals surface area contributed by atoms with Crippen molar-refractivity contribution >= 4 is 11.6 Å². The molecule has 130 valence electrons. The maximum Gasteiger partial charge on any atom is 0.280 e. The van der Waals surface area contributed by atoms with Gasteiger partial charge in [-0.25, -0.2) is 22.7 Å². The summed E-state index contributed by atoms with van der Waals surface area (Å²) in [6, 6.07) is 6.36. The number of amides is 1. The molecule has 25 heavy (non-hydrogen) atoms. The van der Waals surface area contributed by atoms with Gasteiger partial charge in [-0.15, -0.1) is 0 Å². The first kappa shape index (κ1) is 16.9. The van der Waals surface area contributed by atoms with Crippen molar-refractivity contribution in [2.24, 2.45) is 0 Å². The Balaban J connectivity index is 2.19. The molecular weight excluding hydrogens is 333 g/mol. The predicted molar refractivity (Wildman–Crippen MR) is 85.9 cm³/mol. The van der Waals surface area contributed by atoms with E-state index >= 15 is 0 Å². The van der Waals surface area contributed by atoms with Gasteiger partial charge in [-0.2, -0.15) is 5.10 Å². The molecule has 1 amide bonds. The van der Waals surface area contributed by atoms with Gasteiger partial charge in [-0.05, 0) is 44.2 Å². The Bertz CT molecular complexity index is 920. The molecule has 0 aliphatic rings. The predicted octanol–water partition coefficient (Wildman–Crippen LogP) is 3.61. The van der Waals surface area contributed by atoms with Crippen LogP contribution in [-0.2, 0) is 0 Å². The molecule has 3 aromatic rings. The molecular formula is C17H15F3N4O. The summed E-state index contributed by atoms with van der Waals surface area (Å²) >= 11 is 0. The third kappa shape index (κ3) is 3.33. The molecule has 0 spiro atoms. The SMILES string of the molecule is CC(C)NC(=O)c1cnn2c(C(F)F)cc(-c3ccc(F)cc3)nc12. The molecule has 0 atom stereocenters. The van der Waals surface area contributed by atoms with E-state index in [1.165, 1.54) is 36.5 Å². The minimum absolute atomic E-state index is 0.0234. The average Bonchev–Trinajstić information content (AvgIpc) is 2.97. The average molecular weight is 348 g/mol. The van der Waals surface area contributed by atoms with E-state index in [-0.39, 0.29) is 22.9 Å². The van der Waals surface area contributed by atoms with Crippen LogP contribution < -0.4 is 5.32 Å². The fraction of sp³-hybridized carbons (Fsp3) is 0.235. The zero-order valence-electron chi connectivity index (χ0n) is 13.5. The second-order valence-electron chi connectivity index (χ2n) is 5.80. The van der Waals surface area contributed by atoms with Crippen LogP contribution in [0, 0.1) is 5.82 Å². The van der Waals surface area contributed by atoms with Crippen LogP contribution in [-0.4, -0.2) is 26.5 Å². The van der Waals surface area contributed by atoms with Crippen molar-refractivity contribution in [1.29, 1.82) is 0 Å². The Morgan fingerprint density at radius 3 is 2.48 bits per heavy atom. The highest BCUT2D eigenvalue weighted by Crippen LogP contribution is 2.26. The number of alkyl halides is 2. The number of fused-ring (bicyclic) bond motifs is 1. The van der Waals surface area contributed by atoms with Gasteiger partial charge in [0.15, 0.2) is 5.65 Å². The van der Waals surface area contributed by atoms with Crippen molar-refractivity contribution in [1.82, 2.24) is 19.9 Å². The summed E-state index contributed by atoms with van der Waals surface area (Å²) in [4.78, 5) is 16.6. The normalized spacial score (nSPS) is 11.5. The van der Waals surface area contributed by atoms with Gasteiger partial charge >= 0.3 is 0 Å². The smallest absolute Gasteiger partial charge is 0.280 e. The van der Waals surface area contributed by atoms with Gasteiger partial charge in [0, 0.05) is 11.6 Å². The van der Waals surface area contributed by atoms with Crippen LogP contribution in [0.4, 0.5) is 13.2 Å². The maximum atomic E-state index is 13.4. The molecule has 0 fully saturated rings. The Morgan fingerprint density at radius 2 is 1.88 bits per heavy atom. The fourth-order valence-corrected chi connectivity index (χ4v) is 2.41. The lowest BCUT2D eigenvalue weighted by molar-refractivity contribution is 0.0944. The number of carbonyl (C=O) groups excluding carboxylic acids is 1. The molecule has 2 aromatic heterocycles. The van der Waals surface area contributed by atoms with Gasteiger partial charge in [-0.3, -0.25) is 4.79 Å². The first-order valence-corrected chi connectivity index (χ1v) is 7.60. The largest absolute Gasteiger partial charge is 0.350 e. The maximum absolute atomic E-state index is 13.4. The quantitative estimate of drug-likeness (QED) is 0.784. The van der Waals surface area contributed by atoms with Crippen molar-refractivity contribution in [3.63, 3.8) is 0 Å². The topological polar surface area (TPSA) is 59.3 Å². The zero-order valence-corrected chi connectivity index (χ0v) is 13.5. The molecule has 0 aliphatic carbocycles. The van der Waals surface area contributed by atoms with E-state index in [1.54, 1.807) is 13.8 Å². The van der Waals surface area contributed by atoms with Gasteiger partial charge in [0.05, 0.1) is 11.9 Å². The minimum Gasteiger partial charge on any atom is -0.350 e. The van der Waals surface area contributed by atoms with E-state index in [0.717, 1.165) is 4.52 Å². The van der Waals surface area contributed by atoms with E-state index in [9.17, 15) is 18.0 Å². The lowest BCUT2D eigenvalue weighted by atomic mass is 10.1. The first-order chi connectivity index (χ1) is 11.9. The summed E-state index contributed by atoms with van der Waals surface area (Å²) < 4.78 is 40.9. The Hall–Kier alpha value is -2.90. The molecule has 0 radical (unpaired) electrons. The molecule has 1 aromatic carbocycles. The summed E-state index contributed by atoms with van der Waals surface area (Å²) in [5, 5.41) is 6.55. The molecule has 0 saturated carbocycles. The highest BCUT2D eigenvalue weighted by molar-refractivity contribution is 6.00. The van der Waals surface area contributed by atoms with Gasteiger partial charge in [-0.1, -0.05) is 0 Å². The molecule has 2 heterocycles. The van der Waals surface area contributed by atoms with Crippen LogP contribution in [0.25, 0.3) is 16.9 Å². The summed E-state index contributed by atoms with van der Waals surface area (Å²) in [5.41, 5.74) is 0.395. The van der Waals surface area contributed by atoms with E-state index in [1.807, 2.05) is 0 Å². The Labute approximate surface area is 141 Å². The zero-order chi connectivity index (χ0) is 18.1. The Morgan fingerprint density at radius 1 is 1.20 bits per heavy atom. The summed E-state index contributed by atoms with van der Waals surface area (Å²) in [6.07, 6.45) is -1.61. The number of halogens is 3. The molecule has 1 N–H and O–H groups in total. The number of hydrogen-bond donors (Lipinski definition) is 1. The summed E-state index contributed by atoms with van der Waals surface area (Å²) in [5.74, 6) is -0.894. The molecule has 5 nitrogen and oxygen atoms in total. The van der Waals surface area contributed by atoms with Crippen LogP contribution in [0.15, 0.2) is 36.5 Å². The molecule has 8 heteroatoms. The lowest BCUT2D eigenvalue weighted by Gasteiger charge is -2.10. The molecule has 0 bridgehead atoms. The van der Waals surface area contributed by atoms with Crippen LogP contribution >= 0.6 is 0 Å². The van der Waals surface area contributed by atoms with E-state index in [2.05, 4.69) is 15.4 Å². The molecule has 0 unspecified atom stereocenters. The van der Waals surface area contributed by atoms with E-state index in [0.29, 0.717) is 5.56 Å². The first-order valence-electron chi connectivity index (χ1n) is 7.60. The van der Waals surface area contributed by atoms with E-state index < -0.39 is 23.8 Å². The lowest BCUT2D eigenvalue weighted by Crippen LogP contribution is -2.30. The molecule has 0 saturated heterocycles. The third-order valence-electron chi connectivity index (χ3n) is 3.53. The van der Waals surface area contributed by atoms with Gasteiger partial charge < -0.3 is 5.32 Å². The second kappa shape index (κ2) is 6.54. The fourth-order valence-electron chi connectivity index (χ4n) is 2.41.